The first-order valence-corrected chi connectivity index (χ1v) is 10.3. The number of amides is 2. The lowest BCUT2D eigenvalue weighted by Gasteiger charge is -2.28. The monoisotopic (exact) mass is 438 g/mol. The summed E-state index contributed by atoms with van der Waals surface area (Å²) in [5.74, 6) is 2.29. The maximum absolute atomic E-state index is 12.2. The predicted molar refractivity (Wildman–Crippen MR) is 124 cm³/mol. The van der Waals surface area contributed by atoms with Gasteiger partial charge in [-0.15, -0.1) is 0 Å². The SMILES string of the molecule is Cc1nc(Nc2ccc(NC(=O)Nc3ccccc3Cl)cc2)cc(N2CCOCC2)n1. The highest BCUT2D eigenvalue weighted by Crippen LogP contribution is 2.23. The van der Waals surface area contributed by atoms with E-state index in [2.05, 4.69) is 30.8 Å². The van der Waals surface area contributed by atoms with Crippen LogP contribution in [0.3, 0.4) is 0 Å². The van der Waals surface area contributed by atoms with Gasteiger partial charge in [0.15, 0.2) is 0 Å². The molecular formula is C22H23ClN6O2. The summed E-state index contributed by atoms with van der Waals surface area (Å²) in [5, 5.41) is 9.30. The molecule has 1 aliphatic rings. The molecule has 2 aromatic carbocycles. The van der Waals surface area contributed by atoms with E-state index in [9.17, 15) is 4.79 Å². The van der Waals surface area contributed by atoms with Crippen molar-refractivity contribution in [1.82, 2.24) is 9.97 Å². The lowest BCUT2D eigenvalue weighted by Crippen LogP contribution is -2.36. The zero-order valence-electron chi connectivity index (χ0n) is 17.1. The lowest BCUT2D eigenvalue weighted by molar-refractivity contribution is 0.122. The molecule has 2 heterocycles. The number of ether oxygens (including phenoxy) is 1. The van der Waals surface area contributed by atoms with E-state index in [1.807, 2.05) is 37.3 Å². The smallest absolute Gasteiger partial charge is 0.323 e. The number of nitrogens with zero attached hydrogens (tertiary/aromatic N) is 3. The van der Waals surface area contributed by atoms with Crippen LogP contribution in [-0.4, -0.2) is 42.3 Å². The third-order valence-corrected chi connectivity index (χ3v) is 5.03. The number of anilines is 5. The molecule has 1 fully saturated rings. The topological polar surface area (TPSA) is 91.4 Å². The van der Waals surface area contributed by atoms with Crippen LogP contribution in [0.5, 0.6) is 0 Å². The predicted octanol–water partition coefficient (Wildman–Crippen LogP) is 4.66. The van der Waals surface area contributed by atoms with Crippen LogP contribution in [-0.2, 0) is 4.74 Å². The van der Waals surface area contributed by atoms with Gasteiger partial charge in [-0.3, -0.25) is 0 Å². The zero-order valence-corrected chi connectivity index (χ0v) is 17.8. The molecule has 0 saturated carbocycles. The summed E-state index contributed by atoms with van der Waals surface area (Å²) in [5.41, 5.74) is 2.06. The van der Waals surface area contributed by atoms with Crippen LogP contribution in [0.1, 0.15) is 5.82 Å². The number of carbonyl (C=O) groups is 1. The summed E-state index contributed by atoms with van der Waals surface area (Å²) in [6, 6.07) is 16.0. The van der Waals surface area contributed by atoms with Crippen LogP contribution >= 0.6 is 11.6 Å². The van der Waals surface area contributed by atoms with Crippen molar-refractivity contribution in [1.29, 1.82) is 0 Å². The van der Waals surface area contributed by atoms with Gasteiger partial charge in [0.05, 0.1) is 23.9 Å². The molecule has 3 N–H and O–H groups in total. The maximum Gasteiger partial charge on any atom is 0.323 e. The largest absolute Gasteiger partial charge is 0.378 e. The molecule has 3 aromatic rings. The second-order valence-electron chi connectivity index (χ2n) is 7.02. The molecule has 9 heteroatoms. The van der Waals surface area contributed by atoms with Gasteiger partial charge < -0.3 is 25.6 Å². The van der Waals surface area contributed by atoms with Gasteiger partial charge in [0.25, 0.3) is 0 Å². The standard InChI is InChI=1S/C22H23ClN6O2/c1-15-24-20(14-21(25-15)29-10-12-31-13-11-29)26-16-6-8-17(9-7-16)27-22(30)28-19-5-3-2-4-18(19)23/h2-9,14H,10-13H2,1H3,(H,24,25,26)(H2,27,28,30). The first kappa shape index (κ1) is 20.9. The molecule has 0 spiro atoms. The van der Waals surface area contributed by atoms with E-state index in [4.69, 9.17) is 16.3 Å². The number of aryl methyl sites for hydroxylation is 1. The fourth-order valence-corrected chi connectivity index (χ4v) is 3.39. The lowest BCUT2D eigenvalue weighted by atomic mass is 10.2. The Hall–Kier alpha value is -3.36. The Balaban J connectivity index is 1.39. The molecule has 1 saturated heterocycles. The van der Waals surface area contributed by atoms with Crippen LogP contribution in [0.15, 0.2) is 54.6 Å². The maximum atomic E-state index is 12.2. The number of nitrogens with one attached hydrogen (secondary N) is 3. The Bertz CT molecular complexity index is 1050. The van der Waals surface area contributed by atoms with Crippen molar-refractivity contribution in [2.24, 2.45) is 0 Å². The first-order chi connectivity index (χ1) is 15.1. The van der Waals surface area contributed by atoms with Crippen LogP contribution in [0.4, 0.5) is 33.5 Å². The van der Waals surface area contributed by atoms with Crippen LogP contribution < -0.4 is 20.9 Å². The fourth-order valence-electron chi connectivity index (χ4n) is 3.20. The van der Waals surface area contributed by atoms with E-state index >= 15 is 0 Å². The Labute approximate surface area is 185 Å². The molecule has 0 radical (unpaired) electrons. The number of morpholine rings is 1. The molecule has 31 heavy (non-hydrogen) atoms. The van der Waals surface area contributed by atoms with Crippen molar-refractivity contribution in [3.63, 3.8) is 0 Å². The third-order valence-electron chi connectivity index (χ3n) is 4.70. The first-order valence-electron chi connectivity index (χ1n) is 9.95. The van der Waals surface area contributed by atoms with Crippen molar-refractivity contribution in [3.8, 4) is 0 Å². The van der Waals surface area contributed by atoms with Crippen LogP contribution in [0.25, 0.3) is 0 Å². The molecule has 0 bridgehead atoms. The average Bonchev–Trinajstić information content (AvgIpc) is 2.77. The molecule has 8 nitrogen and oxygen atoms in total. The molecule has 0 aliphatic carbocycles. The van der Waals surface area contributed by atoms with E-state index in [1.165, 1.54) is 0 Å². The summed E-state index contributed by atoms with van der Waals surface area (Å²) in [4.78, 5) is 23.4. The van der Waals surface area contributed by atoms with Gasteiger partial charge >= 0.3 is 6.03 Å². The summed E-state index contributed by atoms with van der Waals surface area (Å²) >= 11 is 6.07. The quantitative estimate of drug-likeness (QED) is 0.536. The van der Waals surface area contributed by atoms with Crippen molar-refractivity contribution >= 4 is 46.3 Å². The third kappa shape index (κ3) is 5.62. The van der Waals surface area contributed by atoms with Crippen molar-refractivity contribution in [2.45, 2.75) is 6.92 Å². The molecule has 1 aromatic heterocycles. The van der Waals surface area contributed by atoms with Crippen molar-refractivity contribution in [2.75, 3.05) is 47.2 Å². The molecular weight excluding hydrogens is 416 g/mol. The highest BCUT2D eigenvalue weighted by Gasteiger charge is 2.14. The number of hydrogen-bond donors (Lipinski definition) is 3. The van der Waals surface area contributed by atoms with Crippen LogP contribution in [0.2, 0.25) is 5.02 Å². The molecule has 2 amide bonds. The molecule has 1 aliphatic heterocycles. The Kier molecular flexibility index (Phi) is 6.49. The number of rotatable bonds is 5. The number of hydrogen-bond acceptors (Lipinski definition) is 6. The van der Waals surface area contributed by atoms with Gasteiger partial charge in [-0.2, -0.15) is 0 Å². The minimum absolute atomic E-state index is 0.365. The molecule has 0 atom stereocenters. The second kappa shape index (κ2) is 9.63. The number of aromatic nitrogens is 2. The summed E-state index contributed by atoms with van der Waals surface area (Å²) in [6.07, 6.45) is 0. The fraction of sp³-hybridized carbons (Fsp3) is 0.227. The molecule has 0 unspecified atom stereocenters. The number of halogens is 1. The van der Waals surface area contributed by atoms with E-state index in [0.717, 1.165) is 24.6 Å². The second-order valence-corrected chi connectivity index (χ2v) is 7.43. The molecule has 160 valence electrons. The number of carbonyl (C=O) groups excluding carboxylic acids is 1. The van der Waals surface area contributed by atoms with Gasteiger partial charge in [-0.05, 0) is 43.3 Å². The van der Waals surface area contributed by atoms with E-state index in [0.29, 0.717) is 41.3 Å². The van der Waals surface area contributed by atoms with Gasteiger partial charge in [0.1, 0.15) is 17.5 Å². The van der Waals surface area contributed by atoms with Gasteiger partial charge in [-0.25, -0.2) is 14.8 Å². The van der Waals surface area contributed by atoms with Crippen molar-refractivity contribution in [3.05, 3.63) is 65.4 Å². The van der Waals surface area contributed by atoms with Crippen molar-refractivity contribution < 1.29 is 9.53 Å². The number of para-hydroxylation sites is 1. The highest BCUT2D eigenvalue weighted by atomic mass is 35.5. The van der Waals surface area contributed by atoms with E-state index in [1.54, 1.807) is 24.3 Å². The van der Waals surface area contributed by atoms with Gasteiger partial charge in [0.2, 0.25) is 0 Å². The summed E-state index contributed by atoms with van der Waals surface area (Å²) in [6.45, 7) is 4.90. The Morgan fingerprint density at radius 3 is 2.45 bits per heavy atom. The number of urea groups is 1. The molecule has 4 rings (SSSR count). The Morgan fingerprint density at radius 1 is 1.00 bits per heavy atom. The summed E-state index contributed by atoms with van der Waals surface area (Å²) in [7, 11) is 0. The van der Waals surface area contributed by atoms with Gasteiger partial charge in [0, 0.05) is 30.5 Å². The van der Waals surface area contributed by atoms with Crippen LogP contribution in [0, 0.1) is 6.92 Å². The zero-order chi connectivity index (χ0) is 21.6. The minimum atomic E-state index is -0.365. The van der Waals surface area contributed by atoms with E-state index < -0.39 is 0 Å². The highest BCUT2D eigenvalue weighted by molar-refractivity contribution is 6.33. The Morgan fingerprint density at radius 2 is 1.71 bits per heavy atom. The summed E-state index contributed by atoms with van der Waals surface area (Å²) < 4.78 is 5.41. The normalized spacial score (nSPS) is 13.5. The van der Waals surface area contributed by atoms with E-state index in [-0.39, 0.29) is 6.03 Å². The average molecular weight is 439 g/mol. The van der Waals surface area contributed by atoms with Gasteiger partial charge in [-0.1, -0.05) is 23.7 Å². The minimum Gasteiger partial charge on any atom is -0.378 e. The number of benzene rings is 2.